The Morgan fingerprint density at radius 2 is 1.75 bits per heavy atom. The van der Waals surface area contributed by atoms with Crippen LogP contribution in [-0.2, 0) is 28.7 Å². The average Bonchev–Trinajstić information content (AvgIpc) is 3.26. The summed E-state index contributed by atoms with van der Waals surface area (Å²) in [7, 11) is 0. The van der Waals surface area contributed by atoms with E-state index in [0.29, 0.717) is 6.42 Å². The highest BCUT2D eigenvalue weighted by Crippen LogP contribution is 2.55. The molecular weight excluding hydrogens is 537 g/mol. The summed E-state index contributed by atoms with van der Waals surface area (Å²) in [6, 6.07) is -2.66. The van der Waals surface area contributed by atoms with Gasteiger partial charge < -0.3 is 25.6 Å². The normalized spacial score (nSPS) is 24.1. The highest BCUT2D eigenvalue weighted by atomic mass is 19.4. The van der Waals surface area contributed by atoms with Crippen molar-refractivity contribution in [1.82, 2.24) is 20.9 Å². The van der Waals surface area contributed by atoms with Crippen LogP contribution < -0.4 is 16.0 Å². The van der Waals surface area contributed by atoms with Crippen molar-refractivity contribution in [2.45, 2.75) is 103 Å². The number of carbonyl (C=O) groups is 5. The molecule has 14 heteroatoms. The number of likely N-dealkylation sites (tertiary alicyclic amines) is 1. The lowest BCUT2D eigenvalue weighted by Gasteiger charge is -2.30. The van der Waals surface area contributed by atoms with Crippen LogP contribution in [0.1, 0.15) is 66.7 Å². The van der Waals surface area contributed by atoms with Gasteiger partial charge in [-0.15, -0.1) is 13.2 Å². The summed E-state index contributed by atoms with van der Waals surface area (Å²) in [4.78, 5) is 65.7. The molecule has 11 nitrogen and oxygen atoms in total. The molecule has 1 unspecified atom stereocenters. The Morgan fingerprint density at radius 1 is 1.10 bits per heavy atom. The van der Waals surface area contributed by atoms with E-state index in [1.807, 2.05) is 13.8 Å². The second kappa shape index (κ2) is 12.3. The van der Waals surface area contributed by atoms with Crippen molar-refractivity contribution in [3.05, 3.63) is 0 Å². The van der Waals surface area contributed by atoms with E-state index in [2.05, 4.69) is 20.7 Å². The van der Waals surface area contributed by atoms with Crippen LogP contribution in [0.2, 0.25) is 0 Å². The molecule has 3 aliphatic rings. The van der Waals surface area contributed by atoms with Crippen LogP contribution in [0.3, 0.4) is 0 Å². The lowest BCUT2D eigenvalue weighted by Crippen LogP contribution is -2.55. The van der Waals surface area contributed by atoms with E-state index >= 15 is 0 Å². The quantitative estimate of drug-likeness (QED) is 0.342. The van der Waals surface area contributed by atoms with Crippen LogP contribution in [0, 0.1) is 17.3 Å². The first kappa shape index (κ1) is 31.6. The number of hydrogen-bond donors (Lipinski definition) is 3. The first-order valence-electron chi connectivity index (χ1n) is 13.7. The topological polar surface area (TPSA) is 143 Å². The first-order valence-corrected chi connectivity index (χ1v) is 13.7. The Labute approximate surface area is 231 Å². The Bertz CT molecular complexity index is 999. The molecule has 1 spiro atoms. The molecular formula is C26H39F3N4O7. The SMILES string of the molecule is CC(C)C[C@@H](OC(=O)NC(C)C)C(=O)N1CC2(CC2)C[C@H]1C(=O)NC(C)C(=O)[C@@H](OC(F)(F)F)[C@@H]1CCNC1=O. The molecule has 0 bridgehead atoms. The maximum atomic E-state index is 13.6. The molecule has 0 aromatic carbocycles. The summed E-state index contributed by atoms with van der Waals surface area (Å²) in [6.07, 6.45) is -7.13. The number of ketones is 1. The number of ether oxygens (including phenoxy) is 2. The number of alkyl halides is 3. The van der Waals surface area contributed by atoms with E-state index in [0.717, 1.165) is 12.8 Å². The largest absolute Gasteiger partial charge is 0.523 e. The van der Waals surface area contributed by atoms with Crippen LogP contribution in [0.15, 0.2) is 0 Å². The zero-order valence-corrected chi connectivity index (χ0v) is 23.4. The number of rotatable bonds is 11. The predicted octanol–water partition coefficient (Wildman–Crippen LogP) is 2.03. The van der Waals surface area contributed by atoms with Crippen molar-refractivity contribution < 1.29 is 46.6 Å². The van der Waals surface area contributed by atoms with E-state index < -0.39 is 66.2 Å². The van der Waals surface area contributed by atoms with E-state index in [9.17, 15) is 37.1 Å². The minimum Gasteiger partial charge on any atom is -0.436 e. The first-order chi connectivity index (χ1) is 18.5. The molecule has 4 amide bonds. The van der Waals surface area contributed by atoms with Gasteiger partial charge in [0.05, 0.1) is 12.0 Å². The smallest absolute Gasteiger partial charge is 0.436 e. The molecule has 0 radical (unpaired) electrons. The standard InChI is InChI=1S/C26H39F3N4O7/c1-13(2)10-18(39-24(38)31-14(3)4)23(37)33-12-25(7-8-25)11-17(33)22(36)32-15(5)19(34)20(40-26(27,28)29)16-6-9-30-21(16)35/h13-18,20H,6-12H2,1-5H3,(H,30,35)(H,31,38)(H,32,36)/t15?,16-,17-,18+,20-/m0/s1. The maximum absolute atomic E-state index is 13.6. The molecule has 2 saturated heterocycles. The van der Waals surface area contributed by atoms with E-state index in [1.54, 1.807) is 13.8 Å². The highest BCUT2D eigenvalue weighted by molar-refractivity contribution is 5.98. The van der Waals surface area contributed by atoms with Crippen molar-refractivity contribution in [3.8, 4) is 0 Å². The van der Waals surface area contributed by atoms with Crippen LogP contribution in [0.5, 0.6) is 0 Å². The van der Waals surface area contributed by atoms with Gasteiger partial charge in [0.25, 0.3) is 5.91 Å². The minimum atomic E-state index is -5.17. The zero-order chi connectivity index (χ0) is 30.0. The van der Waals surface area contributed by atoms with Gasteiger partial charge in [-0.1, -0.05) is 13.8 Å². The molecule has 2 aliphatic heterocycles. The molecule has 0 aromatic rings. The molecule has 3 fully saturated rings. The van der Waals surface area contributed by atoms with Crippen molar-refractivity contribution in [3.63, 3.8) is 0 Å². The molecule has 2 heterocycles. The van der Waals surface area contributed by atoms with Gasteiger partial charge in [0.1, 0.15) is 12.1 Å². The zero-order valence-electron chi connectivity index (χ0n) is 23.4. The number of nitrogens with one attached hydrogen (secondary N) is 3. The van der Waals surface area contributed by atoms with Crippen LogP contribution >= 0.6 is 0 Å². The minimum absolute atomic E-state index is 0.0124. The third kappa shape index (κ3) is 8.07. The van der Waals surface area contributed by atoms with Crippen molar-refractivity contribution in [2.24, 2.45) is 17.3 Å². The molecule has 5 atom stereocenters. The Hall–Kier alpha value is -2.90. The maximum Gasteiger partial charge on any atom is 0.523 e. The number of carbonyl (C=O) groups excluding carboxylic acids is 5. The number of hydrogen-bond acceptors (Lipinski definition) is 7. The van der Waals surface area contributed by atoms with Gasteiger partial charge in [-0.25, -0.2) is 4.79 Å². The van der Waals surface area contributed by atoms with Crippen molar-refractivity contribution in [1.29, 1.82) is 0 Å². The van der Waals surface area contributed by atoms with Crippen LogP contribution in [0.25, 0.3) is 0 Å². The van der Waals surface area contributed by atoms with Crippen molar-refractivity contribution in [2.75, 3.05) is 13.1 Å². The lowest BCUT2D eigenvalue weighted by atomic mass is 9.93. The Morgan fingerprint density at radius 3 is 2.25 bits per heavy atom. The fourth-order valence-corrected chi connectivity index (χ4v) is 5.28. The second-order valence-electron chi connectivity index (χ2n) is 11.8. The second-order valence-corrected chi connectivity index (χ2v) is 11.8. The number of nitrogens with zero attached hydrogens (tertiary/aromatic N) is 1. The predicted molar refractivity (Wildman–Crippen MR) is 134 cm³/mol. The summed E-state index contributed by atoms with van der Waals surface area (Å²) in [5, 5.41) is 7.41. The Balaban J connectivity index is 1.75. The monoisotopic (exact) mass is 576 g/mol. The van der Waals surface area contributed by atoms with Crippen molar-refractivity contribution >= 4 is 29.6 Å². The summed E-state index contributed by atoms with van der Waals surface area (Å²) in [5.74, 6) is -4.45. The molecule has 226 valence electrons. The molecule has 1 saturated carbocycles. The average molecular weight is 577 g/mol. The summed E-state index contributed by atoms with van der Waals surface area (Å²) in [5.41, 5.74) is -0.267. The molecule has 0 aromatic heterocycles. The van der Waals surface area contributed by atoms with Gasteiger partial charge in [-0.2, -0.15) is 0 Å². The summed E-state index contributed by atoms with van der Waals surface area (Å²) < 4.78 is 48.8. The fraction of sp³-hybridized carbons (Fsp3) is 0.808. The third-order valence-corrected chi connectivity index (χ3v) is 7.45. The molecule has 1 aliphatic carbocycles. The molecule has 40 heavy (non-hydrogen) atoms. The third-order valence-electron chi connectivity index (χ3n) is 7.45. The van der Waals surface area contributed by atoms with Gasteiger partial charge >= 0.3 is 12.5 Å². The van der Waals surface area contributed by atoms with E-state index in [4.69, 9.17) is 4.74 Å². The van der Waals surface area contributed by atoms with Crippen LogP contribution in [-0.4, -0.2) is 84.3 Å². The van der Waals surface area contributed by atoms with E-state index in [-0.39, 0.29) is 43.3 Å². The van der Waals surface area contributed by atoms with Gasteiger partial charge in [0.2, 0.25) is 11.8 Å². The lowest BCUT2D eigenvalue weighted by molar-refractivity contribution is -0.341. The highest BCUT2D eigenvalue weighted by Gasteiger charge is 2.56. The van der Waals surface area contributed by atoms with E-state index in [1.165, 1.54) is 11.8 Å². The van der Waals surface area contributed by atoms with Gasteiger partial charge in [0, 0.05) is 19.1 Å². The number of halogens is 3. The summed E-state index contributed by atoms with van der Waals surface area (Å²) in [6.45, 7) is 8.78. The van der Waals surface area contributed by atoms with Gasteiger partial charge in [0.15, 0.2) is 11.9 Å². The number of Topliss-reactive ketones (excluding diaryl/α,β-unsaturated/α-hetero) is 1. The fourth-order valence-electron chi connectivity index (χ4n) is 5.28. The van der Waals surface area contributed by atoms with Crippen LogP contribution in [0.4, 0.5) is 18.0 Å². The Kier molecular flexibility index (Phi) is 9.74. The molecule has 3 rings (SSSR count). The summed E-state index contributed by atoms with van der Waals surface area (Å²) >= 11 is 0. The number of amides is 4. The van der Waals surface area contributed by atoms with Gasteiger partial charge in [-0.3, -0.25) is 23.9 Å². The van der Waals surface area contributed by atoms with Gasteiger partial charge in [-0.05, 0) is 64.2 Å². The molecule has 3 N–H and O–H groups in total. The number of alkyl carbamates (subject to hydrolysis) is 1.